The van der Waals surface area contributed by atoms with Gasteiger partial charge < -0.3 is 14.9 Å². The molecule has 5 nitrogen and oxygen atoms in total. The molecule has 1 aliphatic rings. The van der Waals surface area contributed by atoms with E-state index in [0.29, 0.717) is 19.4 Å². The number of halogens is 3. The summed E-state index contributed by atoms with van der Waals surface area (Å²) in [7, 11) is 1.60. The Balaban J connectivity index is 2.19. The van der Waals surface area contributed by atoms with Crippen molar-refractivity contribution in [3.8, 4) is 0 Å². The van der Waals surface area contributed by atoms with Crippen LogP contribution in [-0.4, -0.2) is 53.7 Å². The Kier molecular flexibility index (Phi) is 5.69. The molecule has 24 heavy (non-hydrogen) atoms. The maximum absolute atomic E-state index is 13.2. The molecule has 2 heterocycles. The van der Waals surface area contributed by atoms with Gasteiger partial charge in [-0.25, -0.2) is 4.98 Å². The van der Waals surface area contributed by atoms with Crippen molar-refractivity contribution in [1.29, 1.82) is 0 Å². The van der Waals surface area contributed by atoms with Crippen molar-refractivity contribution in [2.75, 3.05) is 31.6 Å². The molecular weight excluding hydrogens is 323 g/mol. The Morgan fingerprint density at radius 3 is 2.88 bits per heavy atom. The fourth-order valence-corrected chi connectivity index (χ4v) is 2.87. The lowest BCUT2D eigenvalue weighted by Gasteiger charge is -2.36. The van der Waals surface area contributed by atoms with E-state index in [4.69, 9.17) is 5.11 Å². The lowest BCUT2D eigenvalue weighted by molar-refractivity contribution is -0.137. The third-order valence-electron chi connectivity index (χ3n) is 4.44. The smallest absolute Gasteiger partial charge is 0.394 e. The zero-order valence-corrected chi connectivity index (χ0v) is 13.8. The van der Waals surface area contributed by atoms with Crippen LogP contribution in [0.1, 0.15) is 25.3 Å². The highest BCUT2D eigenvalue weighted by Gasteiger charge is 2.37. The van der Waals surface area contributed by atoms with Gasteiger partial charge in [0.15, 0.2) is 0 Å². The van der Waals surface area contributed by atoms with E-state index in [9.17, 15) is 18.0 Å². The Hall–Kier alpha value is -1.83. The summed E-state index contributed by atoms with van der Waals surface area (Å²) >= 11 is 0. The molecule has 1 aromatic rings. The molecule has 1 N–H and O–H groups in total. The van der Waals surface area contributed by atoms with E-state index in [1.807, 2.05) is 0 Å². The van der Waals surface area contributed by atoms with Crippen LogP contribution in [0.3, 0.4) is 0 Å². The van der Waals surface area contributed by atoms with E-state index in [1.165, 1.54) is 22.1 Å². The number of nitrogens with zero attached hydrogens (tertiary/aromatic N) is 3. The lowest BCUT2D eigenvalue weighted by atomic mass is 9.95. The number of hydrogen-bond acceptors (Lipinski definition) is 4. The van der Waals surface area contributed by atoms with Gasteiger partial charge in [-0.15, -0.1) is 0 Å². The second-order valence-corrected chi connectivity index (χ2v) is 6.14. The average Bonchev–Trinajstić information content (AvgIpc) is 2.59. The van der Waals surface area contributed by atoms with Crippen molar-refractivity contribution >= 4 is 11.7 Å². The van der Waals surface area contributed by atoms with Crippen LogP contribution >= 0.6 is 0 Å². The molecule has 0 aliphatic carbocycles. The van der Waals surface area contributed by atoms with Crippen molar-refractivity contribution in [2.45, 2.75) is 32.0 Å². The fraction of sp³-hybridized carbons (Fsp3) is 0.625. The minimum Gasteiger partial charge on any atom is -0.394 e. The predicted molar refractivity (Wildman–Crippen MR) is 83.5 cm³/mol. The second-order valence-electron chi connectivity index (χ2n) is 6.14. The van der Waals surface area contributed by atoms with Crippen molar-refractivity contribution < 1.29 is 23.1 Å². The molecule has 0 aromatic carbocycles. The van der Waals surface area contributed by atoms with Crippen LogP contribution in [0.5, 0.6) is 0 Å². The quantitative estimate of drug-likeness (QED) is 0.909. The first-order valence-electron chi connectivity index (χ1n) is 7.90. The van der Waals surface area contributed by atoms with Gasteiger partial charge >= 0.3 is 6.18 Å². The standard InChI is InChI=1S/C16H22F3N3O2/c1-11(10-23)21(2)15(24)12-5-4-8-22(9-12)14-13(16(17,18)19)6-3-7-20-14/h3,6-7,11-12,23H,4-5,8-10H2,1-2H3. The average molecular weight is 345 g/mol. The van der Waals surface area contributed by atoms with E-state index < -0.39 is 17.7 Å². The van der Waals surface area contributed by atoms with E-state index >= 15 is 0 Å². The highest BCUT2D eigenvalue weighted by Crippen LogP contribution is 2.36. The van der Waals surface area contributed by atoms with Crippen LogP contribution in [-0.2, 0) is 11.0 Å². The summed E-state index contributed by atoms with van der Waals surface area (Å²) in [4.78, 5) is 19.4. The van der Waals surface area contributed by atoms with E-state index in [2.05, 4.69) is 4.98 Å². The zero-order valence-electron chi connectivity index (χ0n) is 13.8. The third kappa shape index (κ3) is 3.98. The Morgan fingerprint density at radius 1 is 1.54 bits per heavy atom. The summed E-state index contributed by atoms with van der Waals surface area (Å²) in [5.74, 6) is -0.688. The summed E-state index contributed by atoms with van der Waals surface area (Å²) in [5, 5.41) is 9.17. The number of amides is 1. The number of anilines is 1. The first kappa shape index (κ1) is 18.5. The first-order valence-corrected chi connectivity index (χ1v) is 7.90. The van der Waals surface area contributed by atoms with Gasteiger partial charge in [0.05, 0.1) is 24.1 Å². The number of piperidine rings is 1. The molecule has 134 valence electrons. The van der Waals surface area contributed by atoms with E-state index in [-0.39, 0.29) is 30.9 Å². The van der Waals surface area contributed by atoms with Gasteiger partial charge in [0.2, 0.25) is 5.91 Å². The molecule has 2 atom stereocenters. The molecule has 0 spiro atoms. The largest absolute Gasteiger partial charge is 0.419 e. The van der Waals surface area contributed by atoms with Crippen molar-refractivity contribution in [1.82, 2.24) is 9.88 Å². The first-order chi connectivity index (χ1) is 11.3. The lowest BCUT2D eigenvalue weighted by Crippen LogP contribution is -2.47. The summed E-state index contributed by atoms with van der Waals surface area (Å²) in [6.07, 6.45) is -1.92. The maximum atomic E-state index is 13.2. The van der Waals surface area contributed by atoms with E-state index in [1.54, 1.807) is 14.0 Å². The minimum atomic E-state index is -4.48. The van der Waals surface area contributed by atoms with Crippen molar-refractivity contribution in [3.05, 3.63) is 23.9 Å². The van der Waals surface area contributed by atoms with Crippen molar-refractivity contribution in [2.24, 2.45) is 5.92 Å². The number of carbonyl (C=O) groups excluding carboxylic acids is 1. The van der Waals surface area contributed by atoms with Gasteiger partial charge in [0, 0.05) is 26.3 Å². The Labute approximate surface area is 139 Å². The summed E-state index contributed by atoms with van der Waals surface area (Å²) in [6, 6.07) is 1.94. The normalized spacial score (nSPS) is 19.9. The predicted octanol–water partition coefficient (Wildman–Crippen LogP) is 2.16. The molecule has 8 heteroatoms. The highest BCUT2D eigenvalue weighted by molar-refractivity contribution is 5.79. The zero-order chi connectivity index (χ0) is 17.9. The number of alkyl halides is 3. The Bertz CT molecular complexity index is 580. The van der Waals surface area contributed by atoms with Gasteiger partial charge in [0.25, 0.3) is 0 Å². The topological polar surface area (TPSA) is 56.7 Å². The molecular formula is C16H22F3N3O2. The number of likely N-dealkylation sites (N-methyl/N-ethyl adjacent to an activating group) is 1. The van der Waals surface area contributed by atoms with Gasteiger partial charge in [0.1, 0.15) is 5.82 Å². The van der Waals surface area contributed by atoms with Crippen LogP contribution in [0.4, 0.5) is 19.0 Å². The number of rotatable bonds is 4. The number of carbonyl (C=O) groups is 1. The number of pyridine rings is 1. The molecule has 1 amide bonds. The van der Waals surface area contributed by atoms with Crippen LogP contribution in [0, 0.1) is 5.92 Å². The van der Waals surface area contributed by atoms with Crippen LogP contribution in [0.25, 0.3) is 0 Å². The molecule has 2 rings (SSSR count). The molecule has 1 aromatic heterocycles. The van der Waals surface area contributed by atoms with Crippen molar-refractivity contribution in [3.63, 3.8) is 0 Å². The fourth-order valence-electron chi connectivity index (χ4n) is 2.87. The van der Waals surface area contributed by atoms with Gasteiger partial charge in [-0.1, -0.05) is 0 Å². The summed E-state index contributed by atoms with van der Waals surface area (Å²) in [5.41, 5.74) is -0.782. The monoisotopic (exact) mass is 345 g/mol. The maximum Gasteiger partial charge on any atom is 0.419 e. The van der Waals surface area contributed by atoms with Gasteiger partial charge in [-0.3, -0.25) is 4.79 Å². The van der Waals surface area contributed by atoms with E-state index in [0.717, 1.165) is 6.07 Å². The second kappa shape index (κ2) is 7.38. The molecule has 0 saturated carbocycles. The summed E-state index contributed by atoms with van der Waals surface area (Å²) < 4.78 is 39.5. The molecule has 2 unspecified atom stereocenters. The molecule has 1 fully saturated rings. The molecule has 0 bridgehead atoms. The SMILES string of the molecule is CC(CO)N(C)C(=O)C1CCCN(c2ncccc2C(F)(F)F)C1. The number of aliphatic hydroxyl groups is 1. The van der Waals surface area contributed by atoms with Crippen LogP contribution < -0.4 is 4.90 Å². The third-order valence-corrected chi connectivity index (χ3v) is 4.44. The Morgan fingerprint density at radius 2 is 2.25 bits per heavy atom. The molecule has 1 aliphatic heterocycles. The highest BCUT2D eigenvalue weighted by atomic mass is 19.4. The number of aliphatic hydroxyl groups excluding tert-OH is 1. The minimum absolute atomic E-state index is 0.125. The summed E-state index contributed by atoms with van der Waals surface area (Å²) in [6.45, 7) is 2.20. The molecule has 0 radical (unpaired) electrons. The van der Waals surface area contributed by atoms with Crippen LogP contribution in [0.2, 0.25) is 0 Å². The molecule has 1 saturated heterocycles. The number of aromatic nitrogens is 1. The number of hydrogen-bond donors (Lipinski definition) is 1. The van der Waals surface area contributed by atoms with Crippen LogP contribution in [0.15, 0.2) is 18.3 Å². The van der Waals surface area contributed by atoms with Gasteiger partial charge in [-0.2, -0.15) is 13.2 Å². The van der Waals surface area contributed by atoms with Gasteiger partial charge in [-0.05, 0) is 31.9 Å².